The molecule has 7 heteroatoms. The smallest absolute Gasteiger partial charge is 0.325 e. The Bertz CT molecular complexity index is 764. The van der Waals surface area contributed by atoms with Crippen LogP contribution in [0.1, 0.15) is 17.7 Å². The summed E-state index contributed by atoms with van der Waals surface area (Å²) in [5.41, 5.74) is 1.58. The molecule has 25 heavy (non-hydrogen) atoms. The Balaban J connectivity index is 1.54. The second-order valence-corrected chi connectivity index (χ2v) is 5.71. The van der Waals surface area contributed by atoms with Crippen molar-refractivity contribution >= 4 is 17.8 Å². The number of amides is 4. The SMILES string of the molecule is O=C(C[C@@H]1NC(=O)N(Cc2ccccc2)C1=O)NCc1ccccn1. The summed E-state index contributed by atoms with van der Waals surface area (Å²) in [7, 11) is 0. The molecule has 1 fully saturated rings. The number of imide groups is 1. The highest BCUT2D eigenvalue weighted by atomic mass is 16.2. The maximum absolute atomic E-state index is 12.4. The largest absolute Gasteiger partial charge is 0.350 e. The fourth-order valence-electron chi connectivity index (χ4n) is 2.58. The van der Waals surface area contributed by atoms with Gasteiger partial charge in [-0.05, 0) is 17.7 Å². The van der Waals surface area contributed by atoms with Gasteiger partial charge in [0.05, 0.1) is 25.2 Å². The maximum Gasteiger partial charge on any atom is 0.325 e. The summed E-state index contributed by atoms with van der Waals surface area (Å²) >= 11 is 0. The van der Waals surface area contributed by atoms with Crippen LogP contribution in [0, 0.1) is 0 Å². The fourth-order valence-corrected chi connectivity index (χ4v) is 2.58. The Hall–Kier alpha value is -3.22. The molecule has 0 spiro atoms. The van der Waals surface area contributed by atoms with Gasteiger partial charge in [-0.3, -0.25) is 19.5 Å². The lowest BCUT2D eigenvalue weighted by Crippen LogP contribution is -2.36. The van der Waals surface area contributed by atoms with E-state index in [0.717, 1.165) is 16.2 Å². The van der Waals surface area contributed by atoms with Crippen molar-refractivity contribution in [2.45, 2.75) is 25.6 Å². The van der Waals surface area contributed by atoms with Crippen LogP contribution >= 0.6 is 0 Å². The van der Waals surface area contributed by atoms with Gasteiger partial charge in [0.15, 0.2) is 0 Å². The minimum atomic E-state index is -0.833. The number of nitrogens with one attached hydrogen (secondary N) is 2. The van der Waals surface area contributed by atoms with Crippen LogP contribution in [0.4, 0.5) is 4.79 Å². The Morgan fingerprint density at radius 2 is 1.88 bits per heavy atom. The van der Waals surface area contributed by atoms with Gasteiger partial charge in [-0.15, -0.1) is 0 Å². The first kappa shape index (κ1) is 16.6. The van der Waals surface area contributed by atoms with Crippen molar-refractivity contribution in [1.29, 1.82) is 0 Å². The highest BCUT2D eigenvalue weighted by Gasteiger charge is 2.38. The Morgan fingerprint density at radius 3 is 2.60 bits per heavy atom. The van der Waals surface area contributed by atoms with Gasteiger partial charge < -0.3 is 10.6 Å². The van der Waals surface area contributed by atoms with E-state index in [1.165, 1.54) is 0 Å². The quantitative estimate of drug-likeness (QED) is 0.775. The summed E-state index contributed by atoms with van der Waals surface area (Å²) in [4.78, 5) is 41.7. The molecule has 2 N–H and O–H groups in total. The Kier molecular flexibility index (Phi) is 5.03. The van der Waals surface area contributed by atoms with Gasteiger partial charge in [0.25, 0.3) is 5.91 Å². The molecule has 128 valence electrons. The van der Waals surface area contributed by atoms with Crippen LogP contribution in [-0.2, 0) is 22.7 Å². The highest BCUT2D eigenvalue weighted by Crippen LogP contribution is 2.14. The average Bonchev–Trinajstić information content (AvgIpc) is 2.89. The first-order valence-electron chi connectivity index (χ1n) is 7.96. The molecule has 0 saturated carbocycles. The van der Waals surface area contributed by atoms with Gasteiger partial charge in [-0.1, -0.05) is 36.4 Å². The molecular weight excluding hydrogens is 320 g/mol. The number of urea groups is 1. The third kappa shape index (κ3) is 4.20. The number of nitrogens with zero attached hydrogens (tertiary/aromatic N) is 2. The zero-order valence-electron chi connectivity index (χ0n) is 13.5. The maximum atomic E-state index is 12.4. The summed E-state index contributed by atoms with van der Waals surface area (Å²) < 4.78 is 0. The number of hydrogen-bond donors (Lipinski definition) is 2. The van der Waals surface area contributed by atoms with Crippen molar-refractivity contribution in [3.8, 4) is 0 Å². The molecule has 2 heterocycles. The van der Waals surface area contributed by atoms with E-state index in [0.29, 0.717) is 0 Å². The third-order valence-electron chi connectivity index (χ3n) is 3.87. The molecule has 1 aromatic heterocycles. The summed E-state index contributed by atoms with van der Waals surface area (Å²) in [5, 5.41) is 5.27. The lowest BCUT2D eigenvalue weighted by molar-refractivity contribution is -0.131. The van der Waals surface area contributed by atoms with Gasteiger partial charge in [0.1, 0.15) is 6.04 Å². The normalized spacial score (nSPS) is 16.6. The molecule has 4 amide bonds. The molecule has 0 unspecified atom stereocenters. The second-order valence-electron chi connectivity index (χ2n) is 5.71. The zero-order valence-corrected chi connectivity index (χ0v) is 13.5. The number of carbonyl (C=O) groups excluding carboxylic acids is 3. The summed E-state index contributed by atoms with van der Waals surface area (Å²) in [6.07, 6.45) is 1.55. The predicted molar refractivity (Wildman–Crippen MR) is 90.0 cm³/mol. The number of carbonyl (C=O) groups is 3. The van der Waals surface area contributed by atoms with Crippen LogP contribution in [0.25, 0.3) is 0 Å². The lowest BCUT2D eigenvalue weighted by atomic mass is 10.1. The molecule has 0 aliphatic carbocycles. The lowest BCUT2D eigenvalue weighted by Gasteiger charge is -2.13. The third-order valence-corrected chi connectivity index (χ3v) is 3.87. The van der Waals surface area contributed by atoms with Crippen molar-refractivity contribution in [2.75, 3.05) is 0 Å². The molecule has 0 bridgehead atoms. The monoisotopic (exact) mass is 338 g/mol. The van der Waals surface area contributed by atoms with E-state index < -0.39 is 12.1 Å². The van der Waals surface area contributed by atoms with Gasteiger partial charge >= 0.3 is 6.03 Å². The highest BCUT2D eigenvalue weighted by molar-refractivity contribution is 6.05. The molecule has 1 atom stereocenters. The van der Waals surface area contributed by atoms with E-state index in [1.54, 1.807) is 18.3 Å². The van der Waals surface area contributed by atoms with Crippen molar-refractivity contribution in [1.82, 2.24) is 20.5 Å². The second kappa shape index (κ2) is 7.57. The molecule has 1 saturated heterocycles. The Labute approximate surface area is 145 Å². The molecule has 1 aromatic carbocycles. The molecule has 2 aromatic rings. The number of pyridine rings is 1. The van der Waals surface area contributed by atoms with E-state index in [4.69, 9.17) is 0 Å². The first-order valence-corrected chi connectivity index (χ1v) is 7.96. The van der Waals surface area contributed by atoms with Gasteiger partial charge in [-0.25, -0.2) is 4.79 Å². The van der Waals surface area contributed by atoms with Crippen molar-refractivity contribution < 1.29 is 14.4 Å². The van der Waals surface area contributed by atoms with Gasteiger partial charge in [0, 0.05) is 6.20 Å². The number of aromatic nitrogens is 1. The zero-order chi connectivity index (χ0) is 17.6. The molecule has 7 nitrogen and oxygen atoms in total. The molecule has 0 radical (unpaired) electrons. The topological polar surface area (TPSA) is 91.4 Å². The first-order chi connectivity index (χ1) is 12.1. The van der Waals surface area contributed by atoms with Crippen molar-refractivity contribution in [3.05, 3.63) is 66.0 Å². The summed E-state index contributed by atoms with van der Waals surface area (Å²) in [6, 6.07) is 13.3. The molecular formula is C18H18N4O3. The van der Waals surface area contributed by atoms with Crippen molar-refractivity contribution in [2.24, 2.45) is 0 Å². The predicted octanol–water partition coefficient (Wildman–Crippen LogP) is 1.21. The molecule has 1 aliphatic heterocycles. The van der Waals surface area contributed by atoms with Crippen LogP contribution in [0.3, 0.4) is 0 Å². The van der Waals surface area contributed by atoms with Crippen LogP contribution in [0.2, 0.25) is 0 Å². The fraction of sp³-hybridized carbons (Fsp3) is 0.222. The van der Waals surface area contributed by atoms with Gasteiger partial charge in [-0.2, -0.15) is 0 Å². The van der Waals surface area contributed by atoms with Crippen LogP contribution in [0.5, 0.6) is 0 Å². The van der Waals surface area contributed by atoms with E-state index in [1.807, 2.05) is 36.4 Å². The average molecular weight is 338 g/mol. The molecule has 3 rings (SSSR count). The standard InChI is InChI=1S/C18H18N4O3/c23-16(20-11-14-8-4-5-9-19-14)10-15-17(24)22(18(25)21-15)12-13-6-2-1-3-7-13/h1-9,15H,10-12H2,(H,20,23)(H,21,25)/t15-/m0/s1. The summed E-state index contributed by atoms with van der Waals surface area (Å²) in [6.45, 7) is 0.472. The van der Waals surface area contributed by atoms with Gasteiger partial charge in [0.2, 0.25) is 5.91 Å². The minimum Gasteiger partial charge on any atom is -0.350 e. The molecule has 1 aliphatic rings. The number of rotatable bonds is 6. The number of benzene rings is 1. The van der Waals surface area contributed by atoms with Crippen LogP contribution in [-0.4, -0.2) is 33.8 Å². The van der Waals surface area contributed by atoms with E-state index in [-0.39, 0.29) is 31.3 Å². The minimum absolute atomic E-state index is 0.0945. The van der Waals surface area contributed by atoms with E-state index in [2.05, 4.69) is 15.6 Å². The number of hydrogen-bond acceptors (Lipinski definition) is 4. The van der Waals surface area contributed by atoms with E-state index in [9.17, 15) is 14.4 Å². The summed E-state index contributed by atoms with van der Waals surface area (Å²) in [5.74, 6) is -0.701. The Morgan fingerprint density at radius 1 is 1.12 bits per heavy atom. The van der Waals surface area contributed by atoms with Crippen LogP contribution < -0.4 is 10.6 Å². The van der Waals surface area contributed by atoms with Crippen molar-refractivity contribution in [3.63, 3.8) is 0 Å². The van der Waals surface area contributed by atoms with E-state index >= 15 is 0 Å². The van der Waals surface area contributed by atoms with Crippen LogP contribution in [0.15, 0.2) is 54.7 Å².